The van der Waals surface area contributed by atoms with Crippen LogP contribution in [0.2, 0.25) is 0 Å². The summed E-state index contributed by atoms with van der Waals surface area (Å²) < 4.78 is 12.4. The summed E-state index contributed by atoms with van der Waals surface area (Å²) in [5, 5.41) is 1.41. The van der Waals surface area contributed by atoms with Gasteiger partial charge in [0.25, 0.3) is 5.91 Å². The lowest BCUT2D eigenvalue weighted by atomic mass is 10.1. The predicted octanol–water partition coefficient (Wildman–Crippen LogP) is 2.41. The molecule has 0 spiro atoms. The molecule has 1 aromatic carbocycles. The quantitative estimate of drug-likeness (QED) is 0.814. The molecule has 3 rings (SSSR count). The molecule has 0 bridgehead atoms. The van der Waals surface area contributed by atoms with Gasteiger partial charge in [-0.05, 0) is 42.9 Å². The second-order valence-electron chi connectivity index (χ2n) is 4.86. The van der Waals surface area contributed by atoms with Gasteiger partial charge in [-0.25, -0.2) is 0 Å². The highest BCUT2D eigenvalue weighted by Gasteiger charge is 2.33. The first-order chi connectivity index (χ1) is 10.1. The molecule has 2 aromatic rings. The van der Waals surface area contributed by atoms with Crippen molar-refractivity contribution >= 4 is 34.1 Å². The van der Waals surface area contributed by atoms with Gasteiger partial charge in [-0.2, -0.15) is 0 Å². The molecule has 6 heteroatoms. The molecule has 0 saturated heterocycles. The van der Waals surface area contributed by atoms with E-state index in [-0.39, 0.29) is 5.91 Å². The Kier molecular flexibility index (Phi) is 3.43. The number of rotatable bonds is 4. The van der Waals surface area contributed by atoms with Crippen LogP contribution in [0, 0.1) is 0 Å². The smallest absolute Gasteiger partial charge is 0.277 e. The van der Waals surface area contributed by atoms with Crippen molar-refractivity contribution in [3.8, 4) is 5.75 Å². The lowest BCUT2D eigenvalue weighted by Crippen LogP contribution is -2.30. The van der Waals surface area contributed by atoms with Crippen LogP contribution in [-0.2, 0) is 11.3 Å². The third-order valence-corrected chi connectivity index (χ3v) is 4.08. The average molecular weight is 304 g/mol. The third kappa shape index (κ3) is 1.94. The average Bonchev–Trinajstić information content (AvgIpc) is 2.96. The van der Waals surface area contributed by atoms with Crippen LogP contribution in [0.5, 0.6) is 5.75 Å². The maximum absolute atomic E-state index is 12.4. The number of hydrogen-bond acceptors (Lipinski definition) is 4. The predicted molar refractivity (Wildman–Crippen MR) is 83.9 cm³/mol. The fourth-order valence-corrected chi connectivity index (χ4v) is 3.14. The van der Waals surface area contributed by atoms with Gasteiger partial charge < -0.3 is 9.47 Å². The standard InChI is InChI=1S/C15H16N2O3S/c1-4-16-14(18)12-7-10-11(17(12)15(16)21)5-9(8-19-2)6-13(10)20-3/h5-7H,4,8H2,1-3H3. The Bertz CT molecular complexity index is 751. The summed E-state index contributed by atoms with van der Waals surface area (Å²) in [6, 6.07) is 5.76. The van der Waals surface area contributed by atoms with Gasteiger partial charge in [0, 0.05) is 19.0 Å². The molecule has 0 saturated carbocycles. The highest BCUT2D eigenvalue weighted by Crippen LogP contribution is 2.34. The number of benzene rings is 1. The molecular weight excluding hydrogens is 288 g/mol. The van der Waals surface area contributed by atoms with Gasteiger partial charge in [0.2, 0.25) is 0 Å². The minimum Gasteiger partial charge on any atom is -0.496 e. The molecule has 5 nitrogen and oxygen atoms in total. The normalized spacial score (nSPS) is 14.1. The summed E-state index contributed by atoms with van der Waals surface area (Å²) in [6.45, 7) is 2.95. The van der Waals surface area contributed by atoms with Gasteiger partial charge in [0.15, 0.2) is 5.11 Å². The van der Waals surface area contributed by atoms with Gasteiger partial charge in [-0.1, -0.05) is 0 Å². The van der Waals surface area contributed by atoms with E-state index < -0.39 is 0 Å². The second-order valence-corrected chi connectivity index (χ2v) is 5.23. The van der Waals surface area contributed by atoms with Gasteiger partial charge in [0.1, 0.15) is 11.4 Å². The minimum atomic E-state index is -0.0611. The van der Waals surface area contributed by atoms with E-state index in [1.807, 2.05) is 29.7 Å². The first-order valence-corrected chi connectivity index (χ1v) is 7.10. The molecule has 2 heterocycles. The lowest BCUT2D eigenvalue weighted by molar-refractivity contribution is 0.0866. The zero-order chi connectivity index (χ0) is 15.1. The van der Waals surface area contributed by atoms with E-state index in [0.717, 1.165) is 22.2 Å². The maximum atomic E-state index is 12.4. The monoisotopic (exact) mass is 304 g/mol. The fraction of sp³-hybridized carbons (Fsp3) is 0.333. The molecule has 110 valence electrons. The van der Waals surface area contributed by atoms with Crippen LogP contribution >= 0.6 is 12.2 Å². The molecule has 21 heavy (non-hydrogen) atoms. The van der Waals surface area contributed by atoms with Crippen LogP contribution in [0.25, 0.3) is 10.9 Å². The SMILES string of the molecule is CCN1C(=O)c2cc3c(OC)cc(COC)cc3n2C1=S. The summed E-state index contributed by atoms with van der Waals surface area (Å²) >= 11 is 5.44. The number of nitrogens with zero attached hydrogens (tertiary/aromatic N) is 2. The Labute approximate surface area is 128 Å². The topological polar surface area (TPSA) is 43.7 Å². The van der Waals surface area contributed by atoms with E-state index in [1.54, 1.807) is 19.1 Å². The fourth-order valence-electron chi connectivity index (χ4n) is 2.74. The van der Waals surface area contributed by atoms with Crippen LogP contribution in [0.4, 0.5) is 0 Å². The van der Waals surface area contributed by atoms with E-state index in [2.05, 4.69) is 0 Å². The number of carbonyl (C=O) groups excluding carboxylic acids is 1. The van der Waals surface area contributed by atoms with Crippen LogP contribution in [0.3, 0.4) is 0 Å². The molecule has 0 fully saturated rings. The summed E-state index contributed by atoms with van der Waals surface area (Å²) in [4.78, 5) is 14.0. The van der Waals surface area contributed by atoms with Crippen molar-refractivity contribution in [3.05, 3.63) is 29.5 Å². The minimum absolute atomic E-state index is 0.0611. The number of aromatic nitrogens is 1. The Morgan fingerprint density at radius 1 is 1.24 bits per heavy atom. The van der Waals surface area contributed by atoms with Crippen LogP contribution in [0.15, 0.2) is 18.2 Å². The lowest BCUT2D eigenvalue weighted by Gasteiger charge is -2.14. The van der Waals surface area contributed by atoms with Crippen molar-refractivity contribution in [1.82, 2.24) is 9.47 Å². The zero-order valence-electron chi connectivity index (χ0n) is 12.2. The molecule has 1 aliphatic rings. The highest BCUT2D eigenvalue weighted by atomic mass is 32.1. The molecule has 1 aliphatic heterocycles. The number of fused-ring (bicyclic) bond motifs is 3. The first kappa shape index (κ1) is 14.0. The largest absolute Gasteiger partial charge is 0.496 e. The van der Waals surface area contributed by atoms with Crippen molar-refractivity contribution in [2.45, 2.75) is 13.5 Å². The molecule has 0 radical (unpaired) electrons. The summed E-state index contributed by atoms with van der Waals surface area (Å²) in [7, 11) is 3.26. The molecule has 0 aliphatic carbocycles. The van der Waals surface area contributed by atoms with Gasteiger partial charge in [0.05, 0.1) is 19.2 Å². The Morgan fingerprint density at radius 2 is 2.00 bits per heavy atom. The molecule has 0 N–H and O–H groups in total. The van der Waals surface area contributed by atoms with Gasteiger partial charge in [-0.15, -0.1) is 0 Å². The summed E-state index contributed by atoms with van der Waals surface area (Å²) in [5.41, 5.74) is 2.45. The molecule has 1 aromatic heterocycles. The second kappa shape index (κ2) is 5.13. The molecule has 0 unspecified atom stereocenters. The summed E-state index contributed by atoms with van der Waals surface area (Å²) in [6.07, 6.45) is 0. The maximum Gasteiger partial charge on any atom is 0.277 e. The van der Waals surface area contributed by atoms with Gasteiger partial charge in [-0.3, -0.25) is 14.3 Å². The van der Waals surface area contributed by atoms with E-state index in [4.69, 9.17) is 21.7 Å². The Balaban J connectivity index is 2.27. The molecule has 0 atom stereocenters. The Morgan fingerprint density at radius 3 is 2.62 bits per heavy atom. The van der Waals surface area contributed by atoms with Crippen molar-refractivity contribution in [2.24, 2.45) is 0 Å². The highest BCUT2D eigenvalue weighted by molar-refractivity contribution is 7.80. The number of thiocarbonyl (C=S) groups is 1. The molecular formula is C15H16N2O3S. The van der Waals surface area contributed by atoms with E-state index in [0.29, 0.717) is 24.0 Å². The van der Waals surface area contributed by atoms with E-state index in [1.165, 1.54) is 0 Å². The van der Waals surface area contributed by atoms with Crippen molar-refractivity contribution in [2.75, 3.05) is 20.8 Å². The number of amides is 1. The number of carbonyl (C=O) groups is 1. The Hall–Kier alpha value is -1.92. The van der Waals surface area contributed by atoms with Crippen LogP contribution in [-0.4, -0.2) is 41.3 Å². The van der Waals surface area contributed by atoms with E-state index in [9.17, 15) is 4.79 Å². The molecule has 1 amide bonds. The summed E-state index contributed by atoms with van der Waals surface area (Å²) in [5.74, 6) is 0.661. The number of methoxy groups -OCH3 is 2. The van der Waals surface area contributed by atoms with Crippen molar-refractivity contribution in [1.29, 1.82) is 0 Å². The first-order valence-electron chi connectivity index (χ1n) is 6.69. The van der Waals surface area contributed by atoms with Crippen molar-refractivity contribution in [3.63, 3.8) is 0 Å². The number of hydrogen-bond donors (Lipinski definition) is 0. The van der Waals surface area contributed by atoms with E-state index >= 15 is 0 Å². The van der Waals surface area contributed by atoms with Crippen LogP contribution in [0.1, 0.15) is 23.0 Å². The van der Waals surface area contributed by atoms with Crippen LogP contribution < -0.4 is 4.74 Å². The van der Waals surface area contributed by atoms with Gasteiger partial charge >= 0.3 is 0 Å². The van der Waals surface area contributed by atoms with Crippen molar-refractivity contribution < 1.29 is 14.3 Å². The number of ether oxygens (including phenoxy) is 2. The zero-order valence-corrected chi connectivity index (χ0v) is 13.0. The third-order valence-electron chi connectivity index (χ3n) is 3.68.